The summed E-state index contributed by atoms with van der Waals surface area (Å²) in [6.07, 6.45) is -0.428. The van der Waals surface area contributed by atoms with Crippen LogP contribution in [-0.4, -0.2) is 63.7 Å². The minimum Gasteiger partial charge on any atom is -0.465 e. The van der Waals surface area contributed by atoms with Crippen LogP contribution in [-0.2, 0) is 19.1 Å². The van der Waals surface area contributed by atoms with Gasteiger partial charge in [0.15, 0.2) is 18.2 Å². The molecule has 3 rings (SSSR count). The van der Waals surface area contributed by atoms with Crippen molar-refractivity contribution in [2.24, 2.45) is 0 Å². The van der Waals surface area contributed by atoms with Crippen LogP contribution in [0.4, 0.5) is 14.9 Å². The molecule has 0 aliphatic carbocycles. The molecular formula is C25H33FN2O6SSi. The molecule has 1 aliphatic heterocycles. The number of benzene rings is 2. The number of carboxylic acid groups (broad SMARTS) is 1. The van der Waals surface area contributed by atoms with Crippen LogP contribution in [0.15, 0.2) is 47.4 Å². The molecular weight excluding hydrogens is 503 g/mol. The van der Waals surface area contributed by atoms with Gasteiger partial charge in [0.05, 0.1) is 16.7 Å². The van der Waals surface area contributed by atoms with E-state index in [4.69, 9.17) is 4.43 Å². The molecule has 0 unspecified atom stereocenters. The largest absolute Gasteiger partial charge is 0.465 e. The molecule has 8 nitrogen and oxygen atoms in total. The first-order chi connectivity index (χ1) is 16.5. The Bertz CT molecular complexity index is 1280. The third-order valence-corrected chi connectivity index (χ3v) is 12.6. The molecule has 0 bridgehead atoms. The summed E-state index contributed by atoms with van der Waals surface area (Å²) in [6.45, 7) is 10.4. The normalized spacial score (nSPS) is 18.8. The van der Waals surface area contributed by atoms with E-state index < -0.39 is 48.1 Å². The summed E-state index contributed by atoms with van der Waals surface area (Å²) >= 11 is 0. The summed E-state index contributed by atoms with van der Waals surface area (Å²) in [5.74, 6) is -1.42. The van der Waals surface area contributed by atoms with Crippen LogP contribution in [0, 0.1) is 5.82 Å². The molecule has 1 aliphatic rings. The lowest BCUT2D eigenvalue weighted by Crippen LogP contribution is -2.45. The maximum Gasteiger partial charge on any atom is 0.408 e. The lowest BCUT2D eigenvalue weighted by molar-refractivity contribution is -0.120. The Labute approximate surface area is 212 Å². The van der Waals surface area contributed by atoms with Gasteiger partial charge in [0, 0.05) is 24.8 Å². The minimum atomic E-state index is -3.54. The number of amides is 2. The number of carbonyl (C=O) groups is 2. The van der Waals surface area contributed by atoms with Crippen LogP contribution in [0.3, 0.4) is 0 Å². The number of rotatable bonds is 6. The second-order valence-corrected chi connectivity index (χ2v) is 17.4. The Hall–Kier alpha value is -2.76. The van der Waals surface area contributed by atoms with Crippen LogP contribution < -0.4 is 5.32 Å². The number of anilines is 1. The zero-order valence-corrected chi connectivity index (χ0v) is 23.1. The standard InChI is InChI=1S/C25H33FN2O6SSi/c1-25(2,3)36(5,6)34-17-14-21(28(15-17)24(30)31)23(29)27-20-12-11-16(13-19(20)26)18-9-7-8-10-22(18)35(4,32)33/h7-13,17,21H,14-15H2,1-6H3,(H,27,29)(H,30,31)/t17-,21-/m1/s1. The van der Waals surface area contributed by atoms with Gasteiger partial charge < -0.3 is 14.8 Å². The Kier molecular flexibility index (Phi) is 7.69. The van der Waals surface area contributed by atoms with E-state index in [1.54, 1.807) is 18.2 Å². The Morgan fingerprint density at radius 2 is 1.81 bits per heavy atom. The first-order valence-electron chi connectivity index (χ1n) is 11.6. The van der Waals surface area contributed by atoms with Gasteiger partial charge in [0.1, 0.15) is 11.9 Å². The number of halogens is 1. The number of nitrogens with one attached hydrogen (secondary N) is 1. The van der Waals surface area contributed by atoms with Gasteiger partial charge in [0.25, 0.3) is 0 Å². The van der Waals surface area contributed by atoms with E-state index >= 15 is 0 Å². The van der Waals surface area contributed by atoms with Gasteiger partial charge in [-0.2, -0.15) is 0 Å². The molecule has 2 N–H and O–H groups in total. The summed E-state index contributed by atoms with van der Waals surface area (Å²) in [4.78, 5) is 26.0. The maximum absolute atomic E-state index is 15.0. The van der Waals surface area contributed by atoms with Crippen LogP contribution >= 0.6 is 0 Å². The monoisotopic (exact) mass is 536 g/mol. The van der Waals surface area contributed by atoms with Gasteiger partial charge in [-0.3, -0.25) is 9.69 Å². The third kappa shape index (κ3) is 5.96. The fraction of sp³-hybridized carbons (Fsp3) is 0.440. The molecule has 0 radical (unpaired) electrons. The smallest absolute Gasteiger partial charge is 0.408 e. The summed E-state index contributed by atoms with van der Waals surface area (Å²) in [5.41, 5.74) is 0.553. The summed E-state index contributed by atoms with van der Waals surface area (Å²) in [7, 11) is -5.73. The molecule has 2 amide bonds. The Balaban J connectivity index is 1.81. The zero-order valence-electron chi connectivity index (χ0n) is 21.3. The van der Waals surface area contributed by atoms with Gasteiger partial charge in [-0.1, -0.05) is 45.0 Å². The van der Waals surface area contributed by atoms with Crippen LogP contribution in [0.5, 0.6) is 0 Å². The number of hydrogen-bond acceptors (Lipinski definition) is 5. The second-order valence-electron chi connectivity index (χ2n) is 10.6. The number of carbonyl (C=O) groups excluding carboxylic acids is 1. The van der Waals surface area contributed by atoms with E-state index in [0.717, 1.165) is 17.2 Å². The minimum absolute atomic E-state index is 0.0592. The SMILES string of the molecule is CC(C)(C)[Si](C)(C)O[C@@H]1C[C@H](C(=O)Nc2ccc(-c3ccccc3S(C)(=O)=O)cc2F)N(C(=O)O)C1. The maximum atomic E-state index is 15.0. The molecule has 11 heteroatoms. The van der Waals surface area contributed by atoms with Crippen LogP contribution in [0.2, 0.25) is 18.1 Å². The highest BCUT2D eigenvalue weighted by Gasteiger charge is 2.45. The molecule has 2 aromatic rings. The van der Waals surface area contributed by atoms with E-state index in [9.17, 15) is 27.5 Å². The van der Waals surface area contributed by atoms with E-state index in [1.807, 2.05) is 0 Å². The van der Waals surface area contributed by atoms with Crippen molar-refractivity contribution in [1.82, 2.24) is 4.90 Å². The average Bonchev–Trinajstić information content (AvgIpc) is 3.17. The lowest BCUT2D eigenvalue weighted by atomic mass is 10.0. The molecule has 36 heavy (non-hydrogen) atoms. The molecule has 2 aromatic carbocycles. The topological polar surface area (TPSA) is 113 Å². The predicted molar refractivity (Wildman–Crippen MR) is 139 cm³/mol. The van der Waals surface area contributed by atoms with Gasteiger partial charge in [-0.25, -0.2) is 17.6 Å². The number of sulfone groups is 1. The van der Waals surface area contributed by atoms with Crippen molar-refractivity contribution in [1.29, 1.82) is 0 Å². The fourth-order valence-corrected chi connectivity index (χ4v) is 6.23. The summed E-state index contributed by atoms with van der Waals surface area (Å²) < 4.78 is 45.5. The zero-order chi connectivity index (χ0) is 27.1. The molecule has 0 spiro atoms. The lowest BCUT2D eigenvalue weighted by Gasteiger charge is -2.38. The number of likely N-dealkylation sites (tertiary alicyclic amines) is 1. The highest BCUT2D eigenvalue weighted by molar-refractivity contribution is 7.90. The predicted octanol–water partition coefficient (Wildman–Crippen LogP) is 4.98. The van der Waals surface area contributed by atoms with Crippen molar-refractivity contribution in [3.63, 3.8) is 0 Å². The Morgan fingerprint density at radius 1 is 1.17 bits per heavy atom. The van der Waals surface area contributed by atoms with Gasteiger partial charge >= 0.3 is 6.09 Å². The van der Waals surface area contributed by atoms with Crippen molar-refractivity contribution in [3.05, 3.63) is 48.3 Å². The molecule has 0 aromatic heterocycles. The van der Waals surface area contributed by atoms with Crippen LogP contribution in [0.1, 0.15) is 27.2 Å². The molecule has 2 atom stereocenters. The molecule has 1 heterocycles. The van der Waals surface area contributed by atoms with Crippen molar-refractivity contribution in [3.8, 4) is 11.1 Å². The van der Waals surface area contributed by atoms with E-state index in [0.29, 0.717) is 11.1 Å². The van der Waals surface area contributed by atoms with E-state index in [-0.39, 0.29) is 28.6 Å². The second kappa shape index (κ2) is 9.95. The molecule has 196 valence electrons. The van der Waals surface area contributed by atoms with Crippen LogP contribution in [0.25, 0.3) is 11.1 Å². The summed E-state index contributed by atoms with van der Waals surface area (Å²) in [5, 5.41) is 12.1. The summed E-state index contributed by atoms with van der Waals surface area (Å²) in [6, 6.07) is 9.23. The molecule has 1 saturated heterocycles. The van der Waals surface area contributed by atoms with E-state index in [2.05, 4.69) is 39.2 Å². The van der Waals surface area contributed by atoms with Crippen molar-refractivity contribution in [2.75, 3.05) is 18.1 Å². The Morgan fingerprint density at radius 3 is 2.36 bits per heavy atom. The van der Waals surface area contributed by atoms with E-state index in [1.165, 1.54) is 18.2 Å². The van der Waals surface area contributed by atoms with Crippen molar-refractivity contribution in [2.45, 2.75) is 62.4 Å². The van der Waals surface area contributed by atoms with Crippen molar-refractivity contribution < 1.29 is 31.9 Å². The first-order valence-corrected chi connectivity index (χ1v) is 16.4. The highest BCUT2D eigenvalue weighted by atomic mass is 32.2. The average molecular weight is 537 g/mol. The third-order valence-electron chi connectivity index (χ3n) is 6.90. The van der Waals surface area contributed by atoms with Crippen molar-refractivity contribution >= 4 is 35.8 Å². The molecule has 0 saturated carbocycles. The van der Waals surface area contributed by atoms with Gasteiger partial charge in [-0.15, -0.1) is 0 Å². The van der Waals surface area contributed by atoms with Gasteiger partial charge in [0.2, 0.25) is 5.91 Å². The molecule has 1 fully saturated rings. The fourth-order valence-electron chi connectivity index (χ4n) is 3.96. The number of nitrogens with zero attached hydrogens (tertiary/aromatic N) is 1. The quantitative estimate of drug-likeness (QED) is 0.504. The highest BCUT2D eigenvalue weighted by Crippen LogP contribution is 2.39. The van der Waals surface area contributed by atoms with Gasteiger partial charge in [-0.05, 0) is 41.9 Å². The number of hydrogen-bond donors (Lipinski definition) is 2. The first kappa shape index (κ1) is 27.8.